The predicted octanol–water partition coefficient (Wildman–Crippen LogP) is 1.35. The molecular formula is C14H16ClFN4O2S. The highest BCUT2D eigenvalue weighted by atomic mass is 35.5. The number of anilines is 1. The fourth-order valence-electron chi connectivity index (χ4n) is 2.29. The van der Waals surface area contributed by atoms with Crippen molar-refractivity contribution in [2.75, 3.05) is 11.9 Å². The van der Waals surface area contributed by atoms with Crippen molar-refractivity contribution in [1.82, 2.24) is 15.5 Å². The van der Waals surface area contributed by atoms with E-state index in [0.29, 0.717) is 35.1 Å². The molecule has 1 aliphatic rings. The number of carbonyl (C=O) groups excluding carboxylic acids is 1. The van der Waals surface area contributed by atoms with Crippen LogP contribution in [0.25, 0.3) is 0 Å². The van der Waals surface area contributed by atoms with E-state index in [2.05, 4.69) is 20.8 Å². The van der Waals surface area contributed by atoms with Crippen LogP contribution in [0.3, 0.4) is 0 Å². The quantitative estimate of drug-likeness (QED) is 0.768. The van der Waals surface area contributed by atoms with Crippen LogP contribution in [0.15, 0.2) is 24.3 Å². The van der Waals surface area contributed by atoms with E-state index in [-0.39, 0.29) is 24.1 Å². The van der Waals surface area contributed by atoms with Crippen molar-refractivity contribution in [3.8, 4) is 0 Å². The summed E-state index contributed by atoms with van der Waals surface area (Å²) in [5.74, 6) is -0.530. The Hall–Kier alpha value is -1.61. The first-order valence-electron chi connectivity index (χ1n) is 6.90. The standard InChI is InChI=1S/C14H15FN4O2S.ClH/c15-10-4-2-1-3-8(10)5-12-18-19-14(22-12)17-13(21)11-6-9(20)7-16-11;/h1-4,9,11,16,20H,5-7H2,(H,17,19,21);1H. The van der Waals surface area contributed by atoms with Crippen molar-refractivity contribution in [3.05, 3.63) is 40.7 Å². The summed E-state index contributed by atoms with van der Waals surface area (Å²) in [6.45, 7) is 0.409. The van der Waals surface area contributed by atoms with E-state index in [4.69, 9.17) is 0 Å². The summed E-state index contributed by atoms with van der Waals surface area (Å²) >= 11 is 1.21. The minimum atomic E-state index is -0.498. The molecule has 1 amide bonds. The van der Waals surface area contributed by atoms with E-state index in [1.165, 1.54) is 17.4 Å². The van der Waals surface area contributed by atoms with E-state index in [9.17, 15) is 14.3 Å². The molecule has 23 heavy (non-hydrogen) atoms. The summed E-state index contributed by atoms with van der Waals surface area (Å²) in [6.07, 6.45) is 0.217. The first-order chi connectivity index (χ1) is 10.6. The zero-order chi connectivity index (χ0) is 15.5. The number of β-amino-alcohol motifs (C(OH)–C–C–N with tert-alkyl or cyclic N) is 1. The average Bonchev–Trinajstić information content (AvgIpc) is 3.11. The Morgan fingerprint density at radius 2 is 2.22 bits per heavy atom. The molecule has 3 rings (SSSR count). The number of aliphatic hydroxyl groups is 1. The third-order valence-corrected chi connectivity index (χ3v) is 4.26. The lowest BCUT2D eigenvalue weighted by Crippen LogP contribution is -2.35. The highest BCUT2D eigenvalue weighted by Gasteiger charge is 2.28. The third kappa shape index (κ3) is 4.44. The molecule has 2 heterocycles. The number of benzene rings is 1. The lowest BCUT2D eigenvalue weighted by Gasteiger charge is -2.07. The van der Waals surface area contributed by atoms with E-state index in [1.807, 2.05) is 0 Å². The van der Waals surface area contributed by atoms with Gasteiger partial charge in [-0.2, -0.15) is 0 Å². The summed E-state index contributed by atoms with van der Waals surface area (Å²) < 4.78 is 13.6. The normalized spacial score (nSPS) is 20.1. The molecule has 3 N–H and O–H groups in total. The molecule has 1 aromatic heterocycles. The second-order valence-electron chi connectivity index (χ2n) is 5.11. The molecule has 0 saturated carbocycles. The van der Waals surface area contributed by atoms with Gasteiger partial charge in [0.25, 0.3) is 0 Å². The zero-order valence-electron chi connectivity index (χ0n) is 12.0. The minimum absolute atomic E-state index is 0. The van der Waals surface area contributed by atoms with Gasteiger partial charge in [-0.15, -0.1) is 22.6 Å². The van der Waals surface area contributed by atoms with Crippen LogP contribution in [0.5, 0.6) is 0 Å². The average molecular weight is 359 g/mol. The highest BCUT2D eigenvalue weighted by Crippen LogP contribution is 2.20. The molecule has 2 atom stereocenters. The maximum atomic E-state index is 13.6. The van der Waals surface area contributed by atoms with E-state index < -0.39 is 12.1 Å². The van der Waals surface area contributed by atoms with Crippen LogP contribution in [0.1, 0.15) is 17.0 Å². The number of aliphatic hydroxyl groups excluding tert-OH is 1. The van der Waals surface area contributed by atoms with Crippen molar-refractivity contribution < 1.29 is 14.3 Å². The van der Waals surface area contributed by atoms with Gasteiger partial charge in [0, 0.05) is 13.0 Å². The van der Waals surface area contributed by atoms with Gasteiger partial charge in [-0.3, -0.25) is 10.1 Å². The number of nitrogens with zero attached hydrogens (tertiary/aromatic N) is 2. The van der Waals surface area contributed by atoms with Crippen molar-refractivity contribution in [2.45, 2.75) is 25.0 Å². The summed E-state index contributed by atoms with van der Waals surface area (Å²) in [4.78, 5) is 12.0. The molecule has 0 radical (unpaired) electrons. The van der Waals surface area contributed by atoms with Gasteiger partial charge >= 0.3 is 0 Å². The number of rotatable bonds is 4. The number of nitrogens with one attached hydrogen (secondary N) is 2. The topological polar surface area (TPSA) is 87.1 Å². The summed E-state index contributed by atoms with van der Waals surface area (Å²) in [5, 5.41) is 23.9. The molecule has 0 bridgehead atoms. The zero-order valence-corrected chi connectivity index (χ0v) is 13.7. The minimum Gasteiger partial charge on any atom is -0.392 e. The fraction of sp³-hybridized carbons (Fsp3) is 0.357. The maximum absolute atomic E-state index is 13.6. The Balaban J connectivity index is 0.00000192. The first-order valence-corrected chi connectivity index (χ1v) is 7.71. The Morgan fingerprint density at radius 3 is 2.91 bits per heavy atom. The highest BCUT2D eigenvalue weighted by molar-refractivity contribution is 7.15. The second kappa shape index (κ2) is 7.78. The number of carbonyl (C=O) groups is 1. The molecule has 2 aromatic rings. The number of amides is 1. The molecule has 1 aromatic carbocycles. The SMILES string of the molecule is Cl.O=C(Nc1nnc(Cc2ccccc2F)s1)C1CC(O)CN1. The van der Waals surface area contributed by atoms with Crippen LogP contribution in [0, 0.1) is 5.82 Å². The van der Waals surface area contributed by atoms with Crippen molar-refractivity contribution >= 4 is 34.8 Å². The molecule has 9 heteroatoms. The Morgan fingerprint density at radius 1 is 1.43 bits per heavy atom. The van der Waals surface area contributed by atoms with Crippen molar-refractivity contribution in [2.24, 2.45) is 0 Å². The molecule has 1 fully saturated rings. The Kier molecular flexibility index (Phi) is 6.00. The van der Waals surface area contributed by atoms with Crippen LogP contribution >= 0.6 is 23.7 Å². The maximum Gasteiger partial charge on any atom is 0.243 e. The van der Waals surface area contributed by atoms with E-state index >= 15 is 0 Å². The Labute approximate surface area is 142 Å². The van der Waals surface area contributed by atoms with Crippen LogP contribution in [0.2, 0.25) is 0 Å². The van der Waals surface area contributed by atoms with Crippen LogP contribution in [-0.4, -0.2) is 39.9 Å². The summed E-state index contributed by atoms with van der Waals surface area (Å²) in [6, 6.07) is 6.07. The molecule has 1 aliphatic heterocycles. The molecule has 124 valence electrons. The second-order valence-corrected chi connectivity index (χ2v) is 6.17. The van der Waals surface area contributed by atoms with Gasteiger partial charge < -0.3 is 10.4 Å². The lowest BCUT2D eigenvalue weighted by atomic mass is 10.1. The molecule has 1 saturated heterocycles. The van der Waals surface area contributed by atoms with E-state index in [0.717, 1.165) is 0 Å². The molecular weight excluding hydrogens is 343 g/mol. The number of halogens is 2. The summed E-state index contributed by atoms with van der Waals surface area (Å²) in [7, 11) is 0. The Bertz CT molecular complexity index is 684. The van der Waals surface area contributed by atoms with Crippen LogP contribution < -0.4 is 10.6 Å². The fourth-order valence-corrected chi connectivity index (χ4v) is 3.06. The van der Waals surface area contributed by atoms with E-state index in [1.54, 1.807) is 18.2 Å². The van der Waals surface area contributed by atoms with Gasteiger partial charge in [0.2, 0.25) is 11.0 Å². The molecule has 0 spiro atoms. The first kappa shape index (κ1) is 17.7. The van der Waals surface area contributed by atoms with Crippen molar-refractivity contribution in [1.29, 1.82) is 0 Å². The van der Waals surface area contributed by atoms with Gasteiger partial charge in [0.05, 0.1) is 12.1 Å². The number of aromatic nitrogens is 2. The predicted molar refractivity (Wildman–Crippen MR) is 87.4 cm³/mol. The molecule has 0 aliphatic carbocycles. The lowest BCUT2D eigenvalue weighted by molar-refractivity contribution is -0.117. The number of hydrogen-bond acceptors (Lipinski definition) is 6. The monoisotopic (exact) mass is 358 g/mol. The van der Waals surface area contributed by atoms with Gasteiger partial charge in [0.1, 0.15) is 10.8 Å². The van der Waals surface area contributed by atoms with Gasteiger partial charge in [-0.25, -0.2) is 4.39 Å². The third-order valence-electron chi connectivity index (χ3n) is 3.42. The van der Waals surface area contributed by atoms with Crippen LogP contribution in [-0.2, 0) is 11.2 Å². The largest absolute Gasteiger partial charge is 0.392 e. The smallest absolute Gasteiger partial charge is 0.243 e. The van der Waals surface area contributed by atoms with Crippen molar-refractivity contribution in [3.63, 3.8) is 0 Å². The van der Waals surface area contributed by atoms with Gasteiger partial charge in [-0.05, 0) is 18.1 Å². The molecule has 2 unspecified atom stereocenters. The number of hydrogen-bond donors (Lipinski definition) is 3. The molecule has 6 nitrogen and oxygen atoms in total. The summed E-state index contributed by atoms with van der Waals surface area (Å²) in [5.41, 5.74) is 0.539. The van der Waals surface area contributed by atoms with Crippen LogP contribution in [0.4, 0.5) is 9.52 Å². The van der Waals surface area contributed by atoms with Gasteiger partial charge in [-0.1, -0.05) is 29.5 Å². The van der Waals surface area contributed by atoms with Gasteiger partial charge in [0.15, 0.2) is 0 Å².